The van der Waals surface area contributed by atoms with Crippen LogP contribution in [0.4, 0.5) is 0 Å². The van der Waals surface area contributed by atoms with Crippen LogP contribution in [0.15, 0.2) is 11.6 Å². The first-order valence-electron chi connectivity index (χ1n) is 9.37. The molecule has 0 saturated heterocycles. The summed E-state index contributed by atoms with van der Waals surface area (Å²) in [6, 6.07) is 0. The highest BCUT2D eigenvalue weighted by Crippen LogP contribution is 2.70. The Hall–Kier alpha value is -0.340. The van der Waals surface area contributed by atoms with Gasteiger partial charge in [0, 0.05) is 0 Å². The van der Waals surface area contributed by atoms with Crippen molar-refractivity contribution in [2.75, 3.05) is 0 Å². The van der Waals surface area contributed by atoms with Gasteiger partial charge in [0.2, 0.25) is 0 Å². The Kier molecular flexibility index (Phi) is 3.18. The Morgan fingerprint density at radius 2 is 1.64 bits per heavy atom. The third kappa shape index (κ3) is 1.69. The van der Waals surface area contributed by atoms with Crippen molar-refractivity contribution in [1.82, 2.24) is 0 Å². The molecule has 2 nitrogen and oxygen atoms in total. The second-order valence-corrected chi connectivity index (χ2v) is 9.42. The lowest BCUT2D eigenvalue weighted by molar-refractivity contribution is -0.124. The van der Waals surface area contributed by atoms with Crippen LogP contribution in [0.5, 0.6) is 0 Å². The standard InChI is InChI=1S/C20H32O2/c1-18-9-6-14(21)12-13(18)4-5-16-15(18)7-10-20(3)17(22)8-11-19(16,20)2/h4,14-17,21-22H,5-12H2,1-3H3/t14-,15+,16-,17+,18-,19-,20-/m0/s1. The van der Waals surface area contributed by atoms with Crippen molar-refractivity contribution in [1.29, 1.82) is 0 Å². The maximum absolute atomic E-state index is 10.6. The first-order valence-corrected chi connectivity index (χ1v) is 9.37. The molecule has 2 N–H and O–H groups in total. The second kappa shape index (κ2) is 4.60. The lowest BCUT2D eigenvalue weighted by Crippen LogP contribution is -2.56. The third-order valence-electron chi connectivity index (χ3n) is 8.88. The summed E-state index contributed by atoms with van der Waals surface area (Å²) in [4.78, 5) is 0. The SMILES string of the molecule is C[C@]12CC[C@H](O)CC1=CC[C@H]1[C@H]2CC[C@@]2(C)[C@H](O)CC[C@@]12C. The summed E-state index contributed by atoms with van der Waals surface area (Å²) in [5.74, 6) is 1.47. The molecule has 0 amide bonds. The molecule has 4 aliphatic rings. The van der Waals surface area contributed by atoms with Crippen molar-refractivity contribution in [2.45, 2.75) is 84.3 Å². The van der Waals surface area contributed by atoms with Gasteiger partial charge >= 0.3 is 0 Å². The predicted molar refractivity (Wildman–Crippen MR) is 88.3 cm³/mol. The predicted octanol–water partition coefficient (Wildman–Crippen LogP) is 4.06. The molecule has 0 aromatic heterocycles. The summed E-state index contributed by atoms with van der Waals surface area (Å²) in [5.41, 5.74) is 2.25. The van der Waals surface area contributed by atoms with Crippen molar-refractivity contribution in [3.8, 4) is 0 Å². The molecule has 3 saturated carbocycles. The Balaban J connectivity index is 1.73. The third-order valence-corrected chi connectivity index (χ3v) is 8.88. The Morgan fingerprint density at radius 3 is 2.41 bits per heavy atom. The average molecular weight is 304 g/mol. The molecule has 0 radical (unpaired) electrons. The fourth-order valence-corrected chi connectivity index (χ4v) is 7.00. The largest absolute Gasteiger partial charge is 0.393 e. The molecule has 0 heterocycles. The van der Waals surface area contributed by atoms with Crippen LogP contribution in [0.25, 0.3) is 0 Å². The molecule has 0 spiro atoms. The summed E-state index contributed by atoms with van der Waals surface area (Å²) in [7, 11) is 0. The molecule has 0 aromatic carbocycles. The minimum Gasteiger partial charge on any atom is -0.393 e. The van der Waals surface area contributed by atoms with Crippen LogP contribution < -0.4 is 0 Å². The van der Waals surface area contributed by atoms with Crippen molar-refractivity contribution >= 4 is 0 Å². The molecule has 0 bridgehead atoms. The molecule has 0 aromatic rings. The van der Waals surface area contributed by atoms with E-state index in [1.807, 2.05) is 0 Å². The van der Waals surface area contributed by atoms with Gasteiger partial charge in [-0.2, -0.15) is 0 Å². The quantitative estimate of drug-likeness (QED) is 0.663. The van der Waals surface area contributed by atoms with E-state index < -0.39 is 0 Å². The van der Waals surface area contributed by atoms with E-state index in [0.29, 0.717) is 11.3 Å². The lowest BCUT2D eigenvalue weighted by Gasteiger charge is -2.62. The van der Waals surface area contributed by atoms with E-state index in [1.54, 1.807) is 5.57 Å². The molecule has 124 valence electrons. The molecular weight excluding hydrogens is 272 g/mol. The highest BCUT2D eigenvalue weighted by Gasteiger charge is 2.64. The molecule has 3 fully saturated rings. The van der Waals surface area contributed by atoms with Crippen LogP contribution in [0.1, 0.15) is 72.1 Å². The number of rotatable bonds is 0. The van der Waals surface area contributed by atoms with Crippen molar-refractivity contribution in [2.24, 2.45) is 28.1 Å². The van der Waals surface area contributed by atoms with Crippen molar-refractivity contribution < 1.29 is 10.2 Å². The van der Waals surface area contributed by atoms with Crippen LogP contribution in [-0.2, 0) is 0 Å². The molecule has 7 atom stereocenters. The molecule has 4 rings (SSSR count). The Morgan fingerprint density at radius 1 is 0.909 bits per heavy atom. The van der Waals surface area contributed by atoms with Gasteiger partial charge in [-0.25, -0.2) is 0 Å². The summed E-state index contributed by atoms with van der Waals surface area (Å²) >= 11 is 0. The van der Waals surface area contributed by atoms with E-state index in [1.165, 1.54) is 25.7 Å². The number of fused-ring (bicyclic) bond motifs is 5. The Bertz CT molecular complexity index is 512. The fraction of sp³-hybridized carbons (Fsp3) is 0.900. The lowest BCUT2D eigenvalue weighted by atomic mass is 9.43. The average Bonchev–Trinajstić information content (AvgIpc) is 2.72. The van der Waals surface area contributed by atoms with Crippen LogP contribution in [-0.4, -0.2) is 22.4 Å². The monoisotopic (exact) mass is 304 g/mol. The van der Waals surface area contributed by atoms with Crippen LogP contribution >= 0.6 is 0 Å². The molecule has 0 aliphatic heterocycles. The smallest absolute Gasteiger partial charge is 0.0599 e. The maximum Gasteiger partial charge on any atom is 0.0599 e. The van der Waals surface area contributed by atoms with Gasteiger partial charge in [-0.3, -0.25) is 0 Å². The Labute approximate surface area is 135 Å². The van der Waals surface area contributed by atoms with E-state index >= 15 is 0 Å². The fourth-order valence-electron chi connectivity index (χ4n) is 7.00. The number of allylic oxidation sites excluding steroid dienone is 1. The topological polar surface area (TPSA) is 40.5 Å². The molecule has 0 unspecified atom stereocenters. The van der Waals surface area contributed by atoms with Crippen LogP contribution in [0.3, 0.4) is 0 Å². The normalized spacial score (nSPS) is 57.6. The number of hydrogen-bond donors (Lipinski definition) is 2. The van der Waals surface area contributed by atoms with Gasteiger partial charge in [-0.15, -0.1) is 0 Å². The van der Waals surface area contributed by atoms with Crippen molar-refractivity contribution in [3.63, 3.8) is 0 Å². The summed E-state index contributed by atoms with van der Waals surface area (Å²) in [6.45, 7) is 7.30. The highest BCUT2D eigenvalue weighted by molar-refractivity contribution is 5.26. The molecule has 2 heteroatoms. The molecule has 4 aliphatic carbocycles. The van der Waals surface area contributed by atoms with Gasteiger partial charge in [0.25, 0.3) is 0 Å². The number of aliphatic hydroxyl groups is 2. The van der Waals surface area contributed by atoms with E-state index in [4.69, 9.17) is 0 Å². The molecular formula is C20H32O2. The van der Waals surface area contributed by atoms with Gasteiger partial charge in [-0.1, -0.05) is 32.4 Å². The number of hydrogen-bond acceptors (Lipinski definition) is 2. The maximum atomic E-state index is 10.6. The highest BCUT2D eigenvalue weighted by atomic mass is 16.3. The van der Waals surface area contributed by atoms with E-state index in [2.05, 4.69) is 26.8 Å². The van der Waals surface area contributed by atoms with Crippen LogP contribution in [0.2, 0.25) is 0 Å². The first kappa shape index (κ1) is 15.2. The van der Waals surface area contributed by atoms with Gasteiger partial charge in [-0.05, 0) is 79.4 Å². The summed E-state index contributed by atoms with van der Waals surface area (Å²) < 4.78 is 0. The second-order valence-electron chi connectivity index (χ2n) is 9.42. The summed E-state index contributed by atoms with van der Waals surface area (Å²) in [5, 5.41) is 20.7. The summed E-state index contributed by atoms with van der Waals surface area (Å²) in [6.07, 6.45) is 11.1. The minimum absolute atomic E-state index is 0.107. The van der Waals surface area contributed by atoms with Gasteiger partial charge in [0.1, 0.15) is 0 Å². The number of aliphatic hydroxyl groups excluding tert-OH is 2. The zero-order valence-corrected chi connectivity index (χ0v) is 14.4. The van der Waals surface area contributed by atoms with Gasteiger partial charge < -0.3 is 10.2 Å². The van der Waals surface area contributed by atoms with Gasteiger partial charge in [0.15, 0.2) is 0 Å². The van der Waals surface area contributed by atoms with Gasteiger partial charge in [0.05, 0.1) is 12.2 Å². The van der Waals surface area contributed by atoms with E-state index in [9.17, 15) is 10.2 Å². The van der Waals surface area contributed by atoms with E-state index in [-0.39, 0.29) is 23.0 Å². The van der Waals surface area contributed by atoms with Crippen molar-refractivity contribution in [3.05, 3.63) is 11.6 Å². The first-order chi connectivity index (χ1) is 10.3. The zero-order chi connectivity index (χ0) is 15.8. The van der Waals surface area contributed by atoms with Crippen LogP contribution in [0, 0.1) is 28.1 Å². The minimum atomic E-state index is -0.117. The zero-order valence-electron chi connectivity index (χ0n) is 14.4. The molecule has 22 heavy (non-hydrogen) atoms. The van der Waals surface area contributed by atoms with E-state index in [0.717, 1.165) is 31.6 Å².